The number of hydrogen-bond donors (Lipinski definition) is 1. The van der Waals surface area contributed by atoms with Gasteiger partial charge in [-0.2, -0.15) is 0 Å². The molecule has 0 atom stereocenters. The summed E-state index contributed by atoms with van der Waals surface area (Å²) in [5, 5.41) is 2.94. The monoisotopic (exact) mass is 130 g/mol. The van der Waals surface area contributed by atoms with E-state index in [1.807, 2.05) is 6.20 Å². The number of hydrogen-bond acceptors (Lipinski definition) is 2. The Labute approximate surface area is 53.3 Å². The minimum Gasteiger partial charge on any atom is -0.372 e. The van der Waals surface area contributed by atoms with E-state index in [4.69, 9.17) is 11.6 Å². The molecule has 0 bridgehead atoms. The van der Waals surface area contributed by atoms with E-state index in [1.165, 1.54) is 0 Å². The molecular formula is C5H7ClN2. The Morgan fingerprint density at radius 1 is 1.88 bits per heavy atom. The summed E-state index contributed by atoms with van der Waals surface area (Å²) in [6, 6.07) is 0. The number of alkyl halides is 1. The summed E-state index contributed by atoms with van der Waals surface area (Å²) in [4.78, 5) is 3.94. The van der Waals surface area contributed by atoms with Crippen molar-refractivity contribution in [3.8, 4) is 0 Å². The Morgan fingerprint density at radius 2 is 2.75 bits per heavy atom. The zero-order valence-corrected chi connectivity index (χ0v) is 5.15. The van der Waals surface area contributed by atoms with Crippen molar-refractivity contribution in [1.29, 1.82) is 0 Å². The molecule has 44 valence electrons. The maximum Gasteiger partial charge on any atom is 0.107 e. The lowest BCUT2D eigenvalue weighted by molar-refractivity contribution is 0.870. The number of rotatable bonds is 1. The predicted octanol–water partition coefficient (Wildman–Crippen LogP) is 0.741. The van der Waals surface area contributed by atoms with Gasteiger partial charge in [0.05, 0.1) is 5.88 Å². The van der Waals surface area contributed by atoms with Crippen molar-refractivity contribution in [2.75, 3.05) is 12.5 Å². The number of allylic oxidation sites excluding steroid dienone is 1. The second-order valence-electron chi connectivity index (χ2n) is 1.53. The second-order valence-corrected chi connectivity index (χ2v) is 1.79. The molecule has 1 N–H and O–H groups in total. The summed E-state index contributed by atoms with van der Waals surface area (Å²) >= 11 is 5.48. The second kappa shape index (κ2) is 2.72. The van der Waals surface area contributed by atoms with E-state index in [9.17, 15) is 0 Å². The van der Waals surface area contributed by atoms with Crippen LogP contribution in [0, 0.1) is 0 Å². The Balaban J connectivity index is 2.51. The van der Waals surface area contributed by atoms with Gasteiger partial charge in [0.25, 0.3) is 0 Å². The molecule has 0 saturated heterocycles. The molecule has 1 heterocycles. The Bertz CT molecular complexity index is 128. The smallest absolute Gasteiger partial charge is 0.107 e. The van der Waals surface area contributed by atoms with Crippen LogP contribution in [-0.4, -0.2) is 18.8 Å². The van der Waals surface area contributed by atoms with Crippen LogP contribution in [-0.2, 0) is 0 Å². The molecule has 8 heavy (non-hydrogen) atoms. The molecule has 1 aliphatic heterocycles. The van der Waals surface area contributed by atoms with Gasteiger partial charge >= 0.3 is 0 Å². The van der Waals surface area contributed by atoms with Gasteiger partial charge in [-0.05, 0) is 0 Å². The lowest BCUT2D eigenvalue weighted by Crippen LogP contribution is -2.11. The molecule has 1 aliphatic rings. The molecule has 0 unspecified atom stereocenters. The molecule has 0 radical (unpaired) electrons. The van der Waals surface area contributed by atoms with Gasteiger partial charge in [0, 0.05) is 18.0 Å². The fraction of sp³-hybridized carbons (Fsp3) is 0.400. The van der Waals surface area contributed by atoms with Gasteiger partial charge in [0.15, 0.2) is 0 Å². The Hall–Kier alpha value is -0.500. The average molecular weight is 131 g/mol. The van der Waals surface area contributed by atoms with Gasteiger partial charge in [-0.15, -0.1) is 11.6 Å². The summed E-state index contributed by atoms with van der Waals surface area (Å²) in [5.74, 6) is 0.538. The molecule has 0 spiro atoms. The van der Waals surface area contributed by atoms with E-state index >= 15 is 0 Å². The minimum absolute atomic E-state index is 0.538. The van der Waals surface area contributed by atoms with Crippen LogP contribution >= 0.6 is 11.6 Å². The van der Waals surface area contributed by atoms with E-state index in [0.717, 1.165) is 5.57 Å². The molecule has 0 saturated carbocycles. The number of halogens is 1. The zero-order valence-electron chi connectivity index (χ0n) is 4.39. The highest BCUT2D eigenvalue weighted by Crippen LogP contribution is 1.94. The maximum atomic E-state index is 5.48. The summed E-state index contributed by atoms with van der Waals surface area (Å²) in [6.45, 7) is 0.681. The van der Waals surface area contributed by atoms with Crippen LogP contribution in [0.5, 0.6) is 0 Å². The first-order valence-electron chi connectivity index (χ1n) is 2.41. The number of nitrogens with one attached hydrogen (secondary N) is 1. The average Bonchev–Trinajstić information content (AvgIpc) is 1.90. The van der Waals surface area contributed by atoms with Crippen LogP contribution in [0.1, 0.15) is 0 Å². The first kappa shape index (κ1) is 5.63. The quantitative estimate of drug-likeness (QED) is 0.521. The van der Waals surface area contributed by atoms with Crippen LogP contribution in [0.3, 0.4) is 0 Å². The van der Waals surface area contributed by atoms with Crippen molar-refractivity contribution in [1.82, 2.24) is 5.32 Å². The first-order valence-corrected chi connectivity index (χ1v) is 2.95. The van der Waals surface area contributed by atoms with E-state index in [-0.39, 0.29) is 0 Å². The largest absolute Gasteiger partial charge is 0.372 e. The van der Waals surface area contributed by atoms with Crippen LogP contribution < -0.4 is 5.32 Å². The number of nitrogens with zero attached hydrogens (tertiary/aromatic N) is 1. The lowest BCUT2D eigenvalue weighted by Gasteiger charge is -2.02. The fourth-order valence-corrected chi connectivity index (χ4v) is 0.649. The van der Waals surface area contributed by atoms with Crippen molar-refractivity contribution in [2.45, 2.75) is 0 Å². The van der Waals surface area contributed by atoms with Crippen LogP contribution in [0.4, 0.5) is 0 Å². The van der Waals surface area contributed by atoms with Gasteiger partial charge < -0.3 is 5.32 Å². The van der Waals surface area contributed by atoms with Gasteiger partial charge in [0.1, 0.15) is 6.67 Å². The summed E-state index contributed by atoms with van der Waals surface area (Å²) < 4.78 is 0. The Morgan fingerprint density at radius 3 is 3.12 bits per heavy atom. The highest BCUT2D eigenvalue weighted by molar-refractivity contribution is 6.21. The summed E-state index contributed by atoms with van der Waals surface area (Å²) in [7, 11) is 0. The Kier molecular flexibility index (Phi) is 1.92. The van der Waals surface area contributed by atoms with E-state index in [0.29, 0.717) is 12.5 Å². The highest BCUT2D eigenvalue weighted by atomic mass is 35.5. The third kappa shape index (κ3) is 1.23. The first-order chi connectivity index (χ1) is 3.93. The van der Waals surface area contributed by atoms with E-state index < -0.39 is 0 Å². The molecule has 0 amide bonds. The molecule has 0 aromatic rings. The molecule has 0 aliphatic carbocycles. The fourth-order valence-electron chi connectivity index (χ4n) is 0.503. The molecular weight excluding hydrogens is 124 g/mol. The van der Waals surface area contributed by atoms with Gasteiger partial charge in [-0.3, -0.25) is 4.99 Å². The van der Waals surface area contributed by atoms with Gasteiger partial charge in [0.2, 0.25) is 0 Å². The third-order valence-electron chi connectivity index (χ3n) is 0.881. The summed E-state index contributed by atoms with van der Waals surface area (Å²) in [5.41, 5.74) is 1.04. The third-order valence-corrected chi connectivity index (χ3v) is 1.19. The van der Waals surface area contributed by atoms with Crippen LogP contribution in [0.2, 0.25) is 0 Å². The standard InChI is InChI=1S/C5H7ClN2/c6-1-5-2-7-4-8-3-5/h2-3,7H,1,4H2. The molecule has 1 rings (SSSR count). The van der Waals surface area contributed by atoms with Crippen molar-refractivity contribution in [3.63, 3.8) is 0 Å². The maximum absolute atomic E-state index is 5.48. The molecule has 0 aromatic carbocycles. The predicted molar refractivity (Wildman–Crippen MR) is 35.3 cm³/mol. The SMILES string of the molecule is ClCC1=CNCN=C1. The highest BCUT2D eigenvalue weighted by Gasteiger charge is 1.91. The normalized spacial score (nSPS) is 17.4. The van der Waals surface area contributed by atoms with Gasteiger partial charge in [-0.1, -0.05) is 0 Å². The van der Waals surface area contributed by atoms with Crippen LogP contribution in [0.15, 0.2) is 16.8 Å². The van der Waals surface area contributed by atoms with Crippen molar-refractivity contribution in [2.24, 2.45) is 4.99 Å². The number of aliphatic imine (C=N–C) groups is 1. The van der Waals surface area contributed by atoms with E-state index in [2.05, 4.69) is 10.3 Å². The molecule has 2 nitrogen and oxygen atoms in total. The topological polar surface area (TPSA) is 24.4 Å². The zero-order chi connectivity index (χ0) is 5.82. The molecule has 0 fully saturated rings. The van der Waals surface area contributed by atoms with Crippen molar-refractivity contribution < 1.29 is 0 Å². The minimum atomic E-state index is 0.538. The van der Waals surface area contributed by atoms with Crippen LogP contribution in [0.25, 0.3) is 0 Å². The van der Waals surface area contributed by atoms with Crippen molar-refractivity contribution in [3.05, 3.63) is 11.8 Å². The summed E-state index contributed by atoms with van der Waals surface area (Å²) in [6.07, 6.45) is 3.66. The van der Waals surface area contributed by atoms with E-state index in [1.54, 1.807) is 6.21 Å². The molecule has 0 aromatic heterocycles. The molecule has 3 heteroatoms. The van der Waals surface area contributed by atoms with Gasteiger partial charge in [-0.25, -0.2) is 0 Å². The lowest BCUT2D eigenvalue weighted by atomic mass is 10.3. The van der Waals surface area contributed by atoms with Crippen molar-refractivity contribution >= 4 is 17.8 Å².